The summed E-state index contributed by atoms with van der Waals surface area (Å²) in [4.78, 5) is 17.6. The van der Waals surface area contributed by atoms with Crippen LogP contribution < -0.4 is 10.1 Å². The van der Waals surface area contributed by atoms with Crippen molar-refractivity contribution >= 4 is 34.0 Å². The standard InChI is InChI=1S/C24H21ClN4O2S/c1-14-3-5-16(6-4-14)12-29-22(25)21(15(2)28-29)23(30)27-24-26-19(13-32-24)17-7-8-20-18(11-17)9-10-31-20/h3-8,11,13H,9-10,12H2,1-2H3,(H,26,27,30). The maximum Gasteiger partial charge on any atom is 0.262 e. The predicted octanol–water partition coefficient (Wildman–Crippen LogP) is 5.51. The van der Waals surface area contributed by atoms with Gasteiger partial charge in [0.1, 0.15) is 10.9 Å². The van der Waals surface area contributed by atoms with Gasteiger partial charge in [0.15, 0.2) is 5.13 Å². The highest BCUT2D eigenvalue weighted by Gasteiger charge is 2.22. The van der Waals surface area contributed by atoms with Gasteiger partial charge in [0.2, 0.25) is 0 Å². The summed E-state index contributed by atoms with van der Waals surface area (Å²) in [6.45, 7) is 5.04. The van der Waals surface area contributed by atoms with E-state index in [9.17, 15) is 4.79 Å². The third-order valence-electron chi connectivity index (χ3n) is 5.46. The van der Waals surface area contributed by atoms with Crippen molar-refractivity contribution in [3.05, 3.63) is 80.9 Å². The van der Waals surface area contributed by atoms with Gasteiger partial charge in [0.25, 0.3) is 5.91 Å². The monoisotopic (exact) mass is 464 g/mol. The van der Waals surface area contributed by atoms with E-state index in [2.05, 4.69) is 21.5 Å². The SMILES string of the molecule is Cc1ccc(Cn2nc(C)c(C(=O)Nc3nc(-c4ccc5c(c4)CCO5)cs3)c2Cl)cc1. The molecule has 3 heterocycles. The lowest BCUT2D eigenvalue weighted by Crippen LogP contribution is -2.13. The molecule has 2 aromatic carbocycles. The van der Waals surface area contributed by atoms with Gasteiger partial charge in [-0.05, 0) is 43.2 Å². The first-order chi connectivity index (χ1) is 15.5. The summed E-state index contributed by atoms with van der Waals surface area (Å²) in [5.41, 5.74) is 6.21. The van der Waals surface area contributed by atoms with Gasteiger partial charge in [-0.25, -0.2) is 9.67 Å². The van der Waals surface area contributed by atoms with Crippen LogP contribution in [-0.2, 0) is 13.0 Å². The first kappa shape index (κ1) is 20.7. The molecule has 0 saturated carbocycles. The fourth-order valence-corrected chi connectivity index (χ4v) is 4.79. The zero-order valence-corrected chi connectivity index (χ0v) is 19.3. The number of nitrogens with zero attached hydrogens (tertiary/aromatic N) is 3. The Hall–Kier alpha value is -3.16. The van der Waals surface area contributed by atoms with Crippen molar-refractivity contribution < 1.29 is 9.53 Å². The summed E-state index contributed by atoms with van der Waals surface area (Å²) < 4.78 is 7.22. The number of aryl methyl sites for hydroxylation is 2. The van der Waals surface area contributed by atoms with E-state index in [0.29, 0.717) is 28.1 Å². The molecule has 0 radical (unpaired) electrons. The van der Waals surface area contributed by atoms with Crippen molar-refractivity contribution in [1.82, 2.24) is 14.8 Å². The number of benzene rings is 2. The topological polar surface area (TPSA) is 69.0 Å². The number of aromatic nitrogens is 3. The summed E-state index contributed by atoms with van der Waals surface area (Å²) >= 11 is 7.92. The van der Waals surface area contributed by atoms with E-state index in [4.69, 9.17) is 16.3 Å². The molecule has 1 N–H and O–H groups in total. The lowest BCUT2D eigenvalue weighted by Gasteiger charge is -2.05. The molecule has 0 saturated heterocycles. The van der Waals surface area contributed by atoms with E-state index in [-0.39, 0.29) is 5.91 Å². The van der Waals surface area contributed by atoms with Crippen LogP contribution in [0.3, 0.4) is 0 Å². The highest BCUT2D eigenvalue weighted by atomic mass is 35.5. The maximum absolute atomic E-state index is 13.0. The minimum atomic E-state index is -0.314. The van der Waals surface area contributed by atoms with Crippen molar-refractivity contribution in [1.29, 1.82) is 0 Å². The van der Waals surface area contributed by atoms with Crippen molar-refractivity contribution in [2.75, 3.05) is 11.9 Å². The average Bonchev–Trinajstić information content (AvgIpc) is 3.49. The van der Waals surface area contributed by atoms with Crippen molar-refractivity contribution in [3.8, 4) is 17.0 Å². The third-order valence-corrected chi connectivity index (χ3v) is 6.60. The fraction of sp³-hybridized carbons (Fsp3) is 0.208. The van der Waals surface area contributed by atoms with Gasteiger partial charge < -0.3 is 4.74 Å². The van der Waals surface area contributed by atoms with Gasteiger partial charge in [-0.15, -0.1) is 11.3 Å². The number of ether oxygens (including phenoxy) is 1. The van der Waals surface area contributed by atoms with E-state index in [1.807, 2.05) is 48.7 Å². The maximum atomic E-state index is 13.0. The minimum absolute atomic E-state index is 0.314. The van der Waals surface area contributed by atoms with Crippen LogP contribution in [0, 0.1) is 13.8 Å². The molecule has 0 spiro atoms. The Morgan fingerprint density at radius 1 is 1.22 bits per heavy atom. The summed E-state index contributed by atoms with van der Waals surface area (Å²) in [5, 5.41) is 10.1. The van der Waals surface area contributed by atoms with Crippen LogP contribution in [0.25, 0.3) is 11.3 Å². The average molecular weight is 465 g/mol. The van der Waals surface area contributed by atoms with E-state index in [1.54, 1.807) is 11.6 Å². The zero-order valence-electron chi connectivity index (χ0n) is 17.7. The van der Waals surface area contributed by atoms with Crippen LogP contribution in [0.2, 0.25) is 5.15 Å². The van der Waals surface area contributed by atoms with E-state index in [1.165, 1.54) is 22.5 Å². The molecule has 4 aromatic rings. The lowest BCUT2D eigenvalue weighted by molar-refractivity contribution is 0.102. The Balaban J connectivity index is 1.33. The molecular formula is C24H21ClN4O2S. The second-order valence-corrected chi connectivity index (χ2v) is 9.02. The number of nitrogens with one attached hydrogen (secondary N) is 1. The number of amides is 1. The first-order valence-corrected chi connectivity index (χ1v) is 11.5. The second-order valence-electron chi connectivity index (χ2n) is 7.81. The quantitative estimate of drug-likeness (QED) is 0.422. The number of halogens is 1. The van der Waals surface area contributed by atoms with Crippen LogP contribution in [0.4, 0.5) is 5.13 Å². The van der Waals surface area contributed by atoms with Gasteiger partial charge in [-0.1, -0.05) is 41.4 Å². The number of carbonyl (C=O) groups excluding carboxylic acids is 1. The second kappa shape index (κ2) is 8.41. The summed E-state index contributed by atoms with van der Waals surface area (Å²) in [5.74, 6) is 0.621. The highest BCUT2D eigenvalue weighted by molar-refractivity contribution is 7.14. The number of hydrogen-bond donors (Lipinski definition) is 1. The number of fused-ring (bicyclic) bond motifs is 1. The van der Waals surface area contributed by atoms with Gasteiger partial charge >= 0.3 is 0 Å². The van der Waals surface area contributed by atoms with Crippen LogP contribution in [0.5, 0.6) is 5.75 Å². The smallest absolute Gasteiger partial charge is 0.262 e. The molecule has 2 aromatic heterocycles. The number of hydrogen-bond acceptors (Lipinski definition) is 5. The van der Waals surface area contributed by atoms with Crippen molar-refractivity contribution in [2.45, 2.75) is 26.8 Å². The molecule has 0 bridgehead atoms. The molecule has 0 unspecified atom stereocenters. The number of rotatable bonds is 5. The number of thiazole rings is 1. The Morgan fingerprint density at radius 2 is 2.03 bits per heavy atom. The van der Waals surface area contributed by atoms with Crippen molar-refractivity contribution in [3.63, 3.8) is 0 Å². The minimum Gasteiger partial charge on any atom is -0.493 e. The molecule has 6 nitrogen and oxygen atoms in total. The Kier molecular flexibility index (Phi) is 5.45. The number of carbonyl (C=O) groups is 1. The molecule has 0 atom stereocenters. The highest BCUT2D eigenvalue weighted by Crippen LogP contribution is 2.32. The molecule has 0 aliphatic carbocycles. The third kappa shape index (κ3) is 4.01. The van der Waals surface area contributed by atoms with E-state index in [0.717, 1.165) is 35.6 Å². The summed E-state index contributed by atoms with van der Waals surface area (Å²) in [6, 6.07) is 14.2. The molecule has 1 aliphatic heterocycles. The lowest BCUT2D eigenvalue weighted by atomic mass is 10.1. The van der Waals surface area contributed by atoms with Gasteiger partial charge in [-0.3, -0.25) is 10.1 Å². The predicted molar refractivity (Wildman–Crippen MR) is 127 cm³/mol. The Morgan fingerprint density at radius 3 is 2.84 bits per heavy atom. The van der Waals surface area contributed by atoms with Crippen LogP contribution >= 0.6 is 22.9 Å². The van der Waals surface area contributed by atoms with Crippen LogP contribution in [-0.4, -0.2) is 27.3 Å². The van der Waals surface area contributed by atoms with Crippen molar-refractivity contribution in [2.24, 2.45) is 0 Å². The van der Waals surface area contributed by atoms with E-state index < -0.39 is 0 Å². The first-order valence-electron chi connectivity index (χ1n) is 10.3. The Labute approximate surface area is 194 Å². The summed E-state index contributed by atoms with van der Waals surface area (Å²) in [6.07, 6.45) is 0.904. The molecule has 5 rings (SSSR count). The summed E-state index contributed by atoms with van der Waals surface area (Å²) in [7, 11) is 0. The van der Waals surface area contributed by atoms with E-state index >= 15 is 0 Å². The van der Waals surface area contributed by atoms with Gasteiger partial charge in [0.05, 0.1) is 30.1 Å². The van der Waals surface area contributed by atoms with Crippen LogP contribution in [0.1, 0.15) is 32.7 Å². The molecule has 1 aliphatic rings. The van der Waals surface area contributed by atoms with Crippen LogP contribution in [0.15, 0.2) is 47.8 Å². The molecule has 32 heavy (non-hydrogen) atoms. The normalized spacial score (nSPS) is 12.5. The largest absolute Gasteiger partial charge is 0.493 e. The van der Waals surface area contributed by atoms with Gasteiger partial charge in [-0.2, -0.15) is 5.10 Å². The zero-order chi connectivity index (χ0) is 22.2. The van der Waals surface area contributed by atoms with Gasteiger partial charge in [0, 0.05) is 17.4 Å². The number of anilines is 1. The molecule has 1 amide bonds. The molecule has 162 valence electrons. The Bertz CT molecular complexity index is 1310. The fourth-order valence-electron chi connectivity index (χ4n) is 3.75. The molecular weight excluding hydrogens is 444 g/mol. The molecule has 0 fully saturated rings. The molecule has 8 heteroatoms.